The van der Waals surface area contributed by atoms with Gasteiger partial charge in [-0.05, 0) is 69.3 Å². The third-order valence-electron chi connectivity index (χ3n) is 3.53. The number of benzene rings is 1. The summed E-state index contributed by atoms with van der Waals surface area (Å²) in [5.41, 5.74) is 2.11. The molecule has 0 aromatic heterocycles. The average molecular weight is 430 g/mol. The van der Waals surface area contributed by atoms with Gasteiger partial charge in [0.15, 0.2) is 0 Å². The van der Waals surface area contributed by atoms with E-state index in [0.717, 1.165) is 20.2 Å². The second-order valence-electron chi connectivity index (χ2n) is 5.41. The van der Waals surface area contributed by atoms with Crippen LogP contribution in [0.15, 0.2) is 21.1 Å². The molecule has 0 atom stereocenters. The molecule has 0 radical (unpaired) electrons. The number of likely N-dealkylation sites (tertiary alicyclic amines) is 1. The van der Waals surface area contributed by atoms with Crippen LogP contribution in [0.4, 0.5) is 18.9 Å². The number of halogens is 5. The third-order valence-corrected chi connectivity index (χ3v) is 4.78. The van der Waals surface area contributed by atoms with Crippen LogP contribution in [-0.4, -0.2) is 36.8 Å². The van der Waals surface area contributed by atoms with Gasteiger partial charge in [0, 0.05) is 28.1 Å². The Morgan fingerprint density at radius 1 is 1.19 bits per heavy atom. The van der Waals surface area contributed by atoms with E-state index < -0.39 is 12.7 Å². The monoisotopic (exact) mass is 428 g/mol. The molecule has 0 aliphatic carbocycles. The molecule has 0 saturated carbocycles. The van der Waals surface area contributed by atoms with Crippen molar-refractivity contribution in [1.29, 1.82) is 0 Å². The maximum absolute atomic E-state index is 12.4. The first-order chi connectivity index (χ1) is 9.74. The van der Waals surface area contributed by atoms with Gasteiger partial charge in [0.05, 0.1) is 12.2 Å². The zero-order valence-corrected chi connectivity index (χ0v) is 14.8. The van der Waals surface area contributed by atoms with Crippen LogP contribution >= 0.6 is 31.9 Å². The molecule has 2 nitrogen and oxygen atoms in total. The molecule has 1 N–H and O–H groups in total. The van der Waals surface area contributed by atoms with Gasteiger partial charge in [-0.1, -0.05) is 0 Å². The van der Waals surface area contributed by atoms with E-state index in [1.807, 2.05) is 19.1 Å². The Hall–Kier alpha value is -0.270. The molecule has 1 aliphatic heterocycles. The van der Waals surface area contributed by atoms with E-state index >= 15 is 0 Å². The highest BCUT2D eigenvalue weighted by Gasteiger charge is 2.32. The quantitative estimate of drug-likeness (QED) is 0.730. The highest BCUT2D eigenvalue weighted by atomic mass is 79.9. The fourth-order valence-electron chi connectivity index (χ4n) is 2.53. The Morgan fingerprint density at radius 3 is 2.19 bits per heavy atom. The molecule has 1 saturated heterocycles. The van der Waals surface area contributed by atoms with Crippen molar-refractivity contribution < 1.29 is 13.2 Å². The second kappa shape index (κ2) is 6.87. The molecule has 1 aromatic carbocycles. The largest absolute Gasteiger partial charge is 0.401 e. The van der Waals surface area contributed by atoms with Gasteiger partial charge < -0.3 is 5.32 Å². The SMILES string of the molecule is Cc1cc(Br)c(NC2CCN(CC(F)(F)F)CC2)c(Br)c1. The van der Waals surface area contributed by atoms with Crippen LogP contribution < -0.4 is 5.32 Å². The van der Waals surface area contributed by atoms with Crippen molar-refractivity contribution in [1.82, 2.24) is 4.90 Å². The lowest BCUT2D eigenvalue weighted by molar-refractivity contribution is -0.147. The van der Waals surface area contributed by atoms with Crippen molar-refractivity contribution in [3.05, 3.63) is 26.6 Å². The number of rotatable bonds is 3. The van der Waals surface area contributed by atoms with Crippen LogP contribution in [-0.2, 0) is 0 Å². The van der Waals surface area contributed by atoms with E-state index in [-0.39, 0.29) is 6.04 Å². The predicted octanol–water partition coefficient (Wildman–Crippen LogP) is 4.96. The molecule has 21 heavy (non-hydrogen) atoms. The van der Waals surface area contributed by atoms with Gasteiger partial charge in [-0.15, -0.1) is 0 Å². The standard InChI is InChI=1S/C14H17Br2F3N2/c1-9-6-11(15)13(12(16)7-9)20-10-2-4-21(5-3-10)8-14(17,18)19/h6-7,10,20H,2-5,8H2,1H3. The van der Waals surface area contributed by atoms with Crippen molar-refractivity contribution in [2.75, 3.05) is 25.0 Å². The fraction of sp³-hybridized carbons (Fsp3) is 0.571. The smallest absolute Gasteiger partial charge is 0.380 e. The summed E-state index contributed by atoms with van der Waals surface area (Å²) in [6.45, 7) is 2.14. The molecule has 1 aliphatic rings. The van der Waals surface area contributed by atoms with Gasteiger partial charge in [-0.3, -0.25) is 4.90 Å². The van der Waals surface area contributed by atoms with Crippen LogP contribution in [0.3, 0.4) is 0 Å². The number of hydrogen-bond acceptors (Lipinski definition) is 2. The summed E-state index contributed by atoms with van der Waals surface area (Å²) in [5, 5.41) is 3.43. The van der Waals surface area contributed by atoms with E-state index in [4.69, 9.17) is 0 Å². The molecule has 2 rings (SSSR count). The Balaban J connectivity index is 1.92. The van der Waals surface area contributed by atoms with Crippen LogP contribution in [0.2, 0.25) is 0 Å². The molecular weight excluding hydrogens is 413 g/mol. The zero-order chi connectivity index (χ0) is 15.6. The first kappa shape index (κ1) is 17.1. The van der Waals surface area contributed by atoms with Gasteiger partial charge in [0.25, 0.3) is 0 Å². The highest BCUT2D eigenvalue weighted by Crippen LogP contribution is 2.34. The van der Waals surface area contributed by atoms with Crippen molar-refractivity contribution in [2.45, 2.75) is 32.0 Å². The Labute approximate surface area is 139 Å². The summed E-state index contributed by atoms with van der Waals surface area (Å²) in [6, 6.07) is 4.24. The Bertz CT molecular complexity index is 474. The van der Waals surface area contributed by atoms with Gasteiger partial charge in [0.1, 0.15) is 0 Å². The number of nitrogens with zero attached hydrogens (tertiary/aromatic N) is 1. The van der Waals surface area contributed by atoms with E-state index in [9.17, 15) is 13.2 Å². The third kappa shape index (κ3) is 5.14. The van der Waals surface area contributed by atoms with Crippen LogP contribution in [0.5, 0.6) is 0 Å². The van der Waals surface area contributed by atoms with Crippen molar-refractivity contribution in [3.63, 3.8) is 0 Å². The minimum atomic E-state index is -4.11. The van der Waals surface area contributed by atoms with Gasteiger partial charge >= 0.3 is 6.18 Å². The van der Waals surface area contributed by atoms with E-state index in [2.05, 4.69) is 37.2 Å². The van der Waals surface area contributed by atoms with Crippen molar-refractivity contribution in [3.8, 4) is 0 Å². The lowest BCUT2D eigenvalue weighted by Crippen LogP contribution is -2.43. The molecule has 0 spiro atoms. The number of hydrogen-bond donors (Lipinski definition) is 1. The molecule has 1 heterocycles. The number of aryl methyl sites for hydroxylation is 1. The lowest BCUT2D eigenvalue weighted by Gasteiger charge is -2.33. The first-order valence-corrected chi connectivity index (χ1v) is 8.34. The number of piperidine rings is 1. The normalized spacial score (nSPS) is 18.0. The maximum Gasteiger partial charge on any atom is 0.401 e. The topological polar surface area (TPSA) is 15.3 Å². The Morgan fingerprint density at radius 2 is 1.71 bits per heavy atom. The molecular formula is C14H17Br2F3N2. The lowest BCUT2D eigenvalue weighted by atomic mass is 10.0. The minimum Gasteiger partial charge on any atom is -0.380 e. The fourth-order valence-corrected chi connectivity index (χ4v) is 4.18. The predicted molar refractivity (Wildman–Crippen MR) is 85.7 cm³/mol. The van der Waals surface area contributed by atoms with Crippen molar-refractivity contribution in [2.24, 2.45) is 0 Å². The summed E-state index contributed by atoms with van der Waals surface area (Å²) in [4.78, 5) is 1.47. The molecule has 118 valence electrons. The minimum absolute atomic E-state index is 0.199. The van der Waals surface area contributed by atoms with Gasteiger partial charge in [0.2, 0.25) is 0 Å². The number of alkyl halides is 3. The average Bonchev–Trinajstić information content (AvgIpc) is 2.34. The second-order valence-corrected chi connectivity index (χ2v) is 7.12. The Kier molecular flexibility index (Phi) is 5.59. The summed E-state index contributed by atoms with van der Waals surface area (Å²) < 4.78 is 39.0. The first-order valence-electron chi connectivity index (χ1n) is 6.76. The molecule has 7 heteroatoms. The molecule has 0 amide bonds. The van der Waals surface area contributed by atoms with E-state index in [1.54, 1.807) is 0 Å². The number of nitrogens with one attached hydrogen (secondary N) is 1. The van der Waals surface area contributed by atoms with Crippen molar-refractivity contribution >= 4 is 37.5 Å². The highest BCUT2D eigenvalue weighted by molar-refractivity contribution is 9.11. The van der Waals surface area contributed by atoms with Crippen LogP contribution in [0.25, 0.3) is 0 Å². The van der Waals surface area contributed by atoms with Gasteiger partial charge in [-0.25, -0.2) is 0 Å². The molecule has 0 unspecified atom stereocenters. The van der Waals surface area contributed by atoms with Crippen LogP contribution in [0, 0.1) is 6.92 Å². The summed E-state index contributed by atoms with van der Waals surface area (Å²) in [5.74, 6) is 0. The van der Waals surface area contributed by atoms with E-state index in [1.165, 1.54) is 4.90 Å². The van der Waals surface area contributed by atoms with E-state index in [0.29, 0.717) is 25.9 Å². The molecule has 0 bridgehead atoms. The zero-order valence-electron chi connectivity index (χ0n) is 11.6. The number of anilines is 1. The molecule has 1 fully saturated rings. The van der Waals surface area contributed by atoms with Gasteiger partial charge in [-0.2, -0.15) is 13.2 Å². The summed E-state index contributed by atoms with van der Waals surface area (Å²) >= 11 is 7.05. The summed E-state index contributed by atoms with van der Waals surface area (Å²) in [6.07, 6.45) is -2.69. The summed E-state index contributed by atoms with van der Waals surface area (Å²) in [7, 11) is 0. The maximum atomic E-state index is 12.4. The molecule has 1 aromatic rings. The van der Waals surface area contributed by atoms with Crippen LogP contribution in [0.1, 0.15) is 18.4 Å².